The number of carbonyl (C=O) groups excluding carboxylic acids is 1. The molecule has 9 heteroatoms. The average Bonchev–Trinajstić information content (AvgIpc) is 2.42. The van der Waals surface area contributed by atoms with Crippen LogP contribution >= 0.6 is 11.3 Å². The van der Waals surface area contributed by atoms with Gasteiger partial charge in [0.25, 0.3) is 0 Å². The number of hydrogen-bond acceptors (Lipinski definition) is 8. The molecule has 0 amide bonds. The lowest BCUT2D eigenvalue weighted by atomic mass is 10.4. The molecule has 0 saturated heterocycles. The largest absolute Gasteiger partial charge is 0.498 e. The Morgan fingerprint density at radius 2 is 2.27 bits per heavy atom. The summed E-state index contributed by atoms with van der Waals surface area (Å²) in [7, 11) is -3.89. The van der Waals surface area contributed by atoms with Gasteiger partial charge in [0.2, 0.25) is 0 Å². The molecular formula is C6H8N2O5S2. The number of aromatic nitrogens is 1. The van der Waals surface area contributed by atoms with E-state index >= 15 is 0 Å². The van der Waals surface area contributed by atoms with Crippen LogP contribution < -0.4 is 5.73 Å². The van der Waals surface area contributed by atoms with Crippen molar-refractivity contribution in [2.75, 3.05) is 11.5 Å². The Balaban J connectivity index is 2.65. The van der Waals surface area contributed by atoms with Gasteiger partial charge in [-0.1, -0.05) is 11.3 Å². The Kier molecular flexibility index (Phi) is 3.48. The maximum Gasteiger partial charge on any atom is 0.311 e. The molecule has 0 spiro atoms. The van der Waals surface area contributed by atoms with Crippen molar-refractivity contribution in [3.63, 3.8) is 0 Å². The van der Waals surface area contributed by atoms with Crippen LogP contribution in [0.2, 0.25) is 0 Å². The molecule has 1 aromatic rings. The third kappa shape index (κ3) is 3.36. The van der Waals surface area contributed by atoms with E-state index in [9.17, 15) is 18.3 Å². The van der Waals surface area contributed by atoms with Crippen LogP contribution in [0.1, 0.15) is 5.69 Å². The van der Waals surface area contributed by atoms with Gasteiger partial charge in [0.1, 0.15) is 0 Å². The van der Waals surface area contributed by atoms with Crippen LogP contribution in [-0.2, 0) is 25.5 Å². The zero-order valence-corrected chi connectivity index (χ0v) is 9.05. The highest BCUT2D eigenvalue weighted by atomic mass is 32.2. The first-order valence-corrected chi connectivity index (χ1v) is 6.13. The van der Waals surface area contributed by atoms with Crippen molar-refractivity contribution in [1.29, 1.82) is 0 Å². The van der Waals surface area contributed by atoms with Crippen LogP contribution in [0, 0.1) is 0 Å². The van der Waals surface area contributed by atoms with Gasteiger partial charge in [-0.2, -0.15) is 8.42 Å². The van der Waals surface area contributed by atoms with Crippen LogP contribution in [0.5, 0.6) is 5.06 Å². The third-order valence-electron chi connectivity index (χ3n) is 1.47. The topological polar surface area (TPSA) is 120 Å². The number of nitrogens with zero attached hydrogens (tertiary/aromatic N) is 1. The van der Waals surface area contributed by atoms with Gasteiger partial charge < -0.3 is 15.0 Å². The zero-order chi connectivity index (χ0) is 11.5. The van der Waals surface area contributed by atoms with E-state index in [1.807, 2.05) is 0 Å². The van der Waals surface area contributed by atoms with E-state index in [1.54, 1.807) is 0 Å². The molecule has 0 aliphatic rings. The highest BCUT2D eigenvalue weighted by molar-refractivity contribution is 7.87. The fourth-order valence-corrected chi connectivity index (χ4v) is 2.13. The fraction of sp³-hybridized carbons (Fsp3) is 0.333. The first kappa shape index (κ1) is 11.7. The van der Waals surface area contributed by atoms with Gasteiger partial charge in [-0.3, -0.25) is 4.79 Å². The molecule has 0 aliphatic heterocycles. The van der Waals surface area contributed by atoms with Crippen LogP contribution in [0.3, 0.4) is 0 Å². The molecule has 0 atom stereocenters. The molecule has 0 aliphatic carbocycles. The Hall–Kier alpha value is -1.35. The summed E-state index contributed by atoms with van der Waals surface area (Å²) in [6.07, 6.45) is -0.0598. The summed E-state index contributed by atoms with van der Waals surface area (Å²) < 4.78 is 25.7. The molecule has 84 valence electrons. The lowest BCUT2D eigenvalue weighted by molar-refractivity contribution is -0.120. The molecular weight excluding hydrogens is 244 g/mol. The highest BCUT2D eigenvalue weighted by Crippen LogP contribution is 2.27. The summed E-state index contributed by atoms with van der Waals surface area (Å²) in [5, 5.41) is 9.25. The van der Waals surface area contributed by atoms with Gasteiger partial charge in [0.05, 0.1) is 11.4 Å². The summed E-state index contributed by atoms with van der Waals surface area (Å²) in [5.74, 6) is -0.442. The molecule has 3 N–H and O–H groups in total. The van der Waals surface area contributed by atoms with Crippen molar-refractivity contribution in [2.45, 2.75) is 6.42 Å². The molecule has 0 saturated carbocycles. The van der Waals surface area contributed by atoms with Gasteiger partial charge in [-0.15, -0.1) is 0 Å². The highest BCUT2D eigenvalue weighted by Gasteiger charge is 2.15. The number of hydrogen-bond donors (Lipinski definition) is 2. The second-order valence-electron chi connectivity index (χ2n) is 2.51. The SMILES string of the molecule is Nc1nc(CCS(=O)(=O)OC=O)c(O)s1. The molecule has 1 aromatic heterocycles. The second kappa shape index (κ2) is 4.45. The first-order valence-electron chi connectivity index (χ1n) is 3.73. The van der Waals surface area contributed by atoms with Crippen LogP contribution in [0.25, 0.3) is 0 Å². The number of nitrogens with two attached hydrogens (primary N) is 1. The van der Waals surface area contributed by atoms with E-state index in [0.29, 0.717) is 0 Å². The van der Waals surface area contributed by atoms with Crippen molar-refractivity contribution < 1.29 is 22.5 Å². The molecule has 1 heterocycles. The molecule has 0 unspecified atom stereocenters. The predicted molar refractivity (Wildman–Crippen MR) is 52.8 cm³/mol. The quantitative estimate of drug-likeness (QED) is 0.534. The van der Waals surface area contributed by atoms with Gasteiger partial charge in [-0.25, -0.2) is 4.98 Å². The van der Waals surface area contributed by atoms with Gasteiger partial charge in [0, 0.05) is 6.42 Å². The monoisotopic (exact) mass is 252 g/mol. The van der Waals surface area contributed by atoms with Gasteiger partial charge >= 0.3 is 16.6 Å². The second-order valence-corrected chi connectivity index (χ2v) is 5.23. The summed E-state index contributed by atoms with van der Waals surface area (Å²) in [5.41, 5.74) is 5.46. The minimum atomic E-state index is -3.89. The predicted octanol–water partition coefficient (Wildman–Crippen LogP) is -0.524. The van der Waals surface area contributed by atoms with Gasteiger partial charge in [0.15, 0.2) is 10.2 Å². The van der Waals surface area contributed by atoms with Crippen LogP contribution in [-0.4, -0.2) is 30.7 Å². The number of aromatic hydroxyl groups is 1. The molecule has 7 nitrogen and oxygen atoms in total. The molecule has 1 rings (SSSR count). The summed E-state index contributed by atoms with van der Waals surface area (Å²) in [6.45, 7) is -0.162. The van der Waals surface area contributed by atoms with Crippen molar-refractivity contribution in [3.8, 4) is 5.06 Å². The zero-order valence-electron chi connectivity index (χ0n) is 7.41. The number of aryl methyl sites for hydroxylation is 1. The number of rotatable bonds is 5. The molecule has 0 radical (unpaired) electrons. The third-order valence-corrected chi connectivity index (χ3v) is 3.27. The Morgan fingerprint density at radius 1 is 1.60 bits per heavy atom. The first-order chi connectivity index (χ1) is 6.94. The summed E-state index contributed by atoms with van der Waals surface area (Å²) in [4.78, 5) is 13.5. The number of carbonyl (C=O) groups is 1. The normalized spacial score (nSPS) is 11.2. The summed E-state index contributed by atoms with van der Waals surface area (Å²) >= 11 is 0.850. The van der Waals surface area contributed by atoms with Crippen LogP contribution in [0.4, 0.5) is 5.13 Å². The molecule has 15 heavy (non-hydrogen) atoms. The number of thiazole rings is 1. The van der Waals surface area contributed by atoms with Crippen LogP contribution in [0.15, 0.2) is 0 Å². The lowest BCUT2D eigenvalue weighted by Gasteiger charge is -1.98. The fourth-order valence-electron chi connectivity index (χ4n) is 0.854. The van der Waals surface area contributed by atoms with Crippen molar-refractivity contribution in [3.05, 3.63) is 5.69 Å². The van der Waals surface area contributed by atoms with E-state index in [-0.39, 0.29) is 28.8 Å². The van der Waals surface area contributed by atoms with E-state index in [2.05, 4.69) is 9.17 Å². The Morgan fingerprint density at radius 3 is 2.73 bits per heavy atom. The lowest BCUT2D eigenvalue weighted by Crippen LogP contribution is -2.11. The number of nitrogen functional groups attached to an aromatic ring is 1. The standard InChI is InChI=1S/C6H8N2O5S2/c7-6-8-4(5(10)14-6)1-2-15(11,12)13-3-9/h3,10H,1-2H2,(H2,7,8). The van der Waals surface area contributed by atoms with Crippen molar-refractivity contribution >= 4 is 33.1 Å². The van der Waals surface area contributed by atoms with E-state index in [1.165, 1.54) is 0 Å². The Labute approximate surface area is 89.6 Å². The molecule has 0 bridgehead atoms. The maximum atomic E-state index is 10.9. The summed E-state index contributed by atoms with van der Waals surface area (Å²) in [6, 6.07) is 0. The molecule has 0 aromatic carbocycles. The van der Waals surface area contributed by atoms with E-state index < -0.39 is 15.9 Å². The smallest absolute Gasteiger partial charge is 0.311 e. The van der Waals surface area contributed by atoms with E-state index in [4.69, 9.17) is 5.73 Å². The van der Waals surface area contributed by atoms with Gasteiger partial charge in [-0.05, 0) is 0 Å². The number of anilines is 1. The molecule has 0 fully saturated rings. The van der Waals surface area contributed by atoms with Crippen molar-refractivity contribution in [1.82, 2.24) is 4.98 Å². The minimum absolute atomic E-state index is 0.0598. The Bertz CT molecular complexity index is 452. The minimum Gasteiger partial charge on any atom is -0.498 e. The average molecular weight is 252 g/mol. The van der Waals surface area contributed by atoms with E-state index in [0.717, 1.165) is 11.3 Å². The van der Waals surface area contributed by atoms with Crippen molar-refractivity contribution in [2.24, 2.45) is 0 Å². The maximum absolute atomic E-state index is 10.9.